The van der Waals surface area contributed by atoms with Crippen molar-refractivity contribution in [2.45, 2.75) is 32.2 Å². The Morgan fingerprint density at radius 3 is 2.63 bits per heavy atom. The van der Waals surface area contributed by atoms with Crippen LogP contribution in [0.3, 0.4) is 0 Å². The highest BCUT2D eigenvalue weighted by Crippen LogP contribution is 2.40. The number of hydrogen-bond donors (Lipinski definition) is 2. The van der Waals surface area contributed by atoms with E-state index in [0.29, 0.717) is 47.3 Å². The van der Waals surface area contributed by atoms with Crippen molar-refractivity contribution < 1.29 is 13.9 Å². The molecule has 4 heterocycles. The van der Waals surface area contributed by atoms with Gasteiger partial charge in [-0.25, -0.2) is 19.9 Å². The number of fused-ring (bicyclic) bond motifs is 1. The molecule has 156 valence electrons. The molecule has 0 atom stereocenters. The maximum absolute atomic E-state index is 13.1. The van der Waals surface area contributed by atoms with Gasteiger partial charge in [-0.3, -0.25) is 4.79 Å². The maximum Gasteiger partial charge on any atom is 0.261 e. The molecule has 1 aliphatic heterocycles. The van der Waals surface area contributed by atoms with Gasteiger partial charge in [0.2, 0.25) is 5.71 Å². The summed E-state index contributed by atoms with van der Waals surface area (Å²) in [6.45, 7) is 6.76. The van der Waals surface area contributed by atoms with E-state index < -0.39 is 0 Å². The number of anilines is 3. The summed E-state index contributed by atoms with van der Waals surface area (Å²) in [4.78, 5) is 32.5. The lowest BCUT2D eigenvalue weighted by Gasteiger charge is -2.27. The minimum atomic E-state index is -0.335. The number of ether oxygens (including phenoxy) is 1. The third kappa shape index (κ3) is 3.54. The lowest BCUT2D eigenvalue weighted by molar-refractivity contribution is 0.102. The standard InChI is InChI=1S/C20H23N7O3/c1-12-15(16-17(26-20(2)3-4-20)23-11-24-19(16)30-12)18(28)25-13-9-22-14(10-21-13)27-5-7-29-8-6-27/h9-11H,3-8H2,1-2H3,(H,21,25,28)(H,23,24,26). The van der Waals surface area contributed by atoms with Gasteiger partial charge in [-0.05, 0) is 26.7 Å². The monoisotopic (exact) mass is 409 g/mol. The highest BCUT2D eigenvalue weighted by atomic mass is 16.5. The number of rotatable bonds is 5. The summed E-state index contributed by atoms with van der Waals surface area (Å²) < 4.78 is 11.1. The van der Waals surface area contributed by atoms with Crippen LogP contribution in [0.15, 0.2) is 23.1 Å². The second-order valence-electron chi connectivity index (χ2n) is 7.93. The Balaban J connectivity index is 1.40. The van der Waals surface area contributed by atoms with E-state index in [1.165, 1.54) is 6.33 Å². The van der Waals surface area contributed by atoms with Crippen molar-refractivity contribution in [3.8, 4) is 0 Å². The second-order valence-corrected chi connectivity index (χ2v) is 7.93. The number of carbonyl (C=O) groups is 1. The van der Waals surface area contributed by atoms with Gasteiger partial charge in [0, 0.05) is 18.6 Å². The number of morpholine rings is 1. The lowest BCUT2D eigenvalue weighted by atomic mass is 10.1. The number of carbonyl (C=O) groups excluding carboxylic acids is 1. The van der Waals surface area contributed by atoms with Crippen LogP contribution in [0.25, 0.3) is 11.1 Å². The first-order valence-electron chi connectivity index (χ1n) is 10.0. The molecule has 0 spiro atoms. The molecule has 2 fully saturated rings. The Morgan fingerprint density at radius 2 is 1.93 bits per heavy atom. The number of furan rings is 1. The summed E-state index contributed by atoms with van der Waals surface area (Å²) in [5, 5.41) is 6.81. The van der Waals surface area contributed by atoms with Crippen LogP contribution in [0, 0.1) is 6.92 Å². The summed E-state index contributed by atoms with van der Waals surface area (Å²) >= 11 is 0. The summed E-state index contributed by atoms with van der Waals surface area (Å²) in [7, 11) is 0. The smallest absolute Gasteiger partial charge is 0.261 e. The van der Waals surface area contributed by atoms with Gasteiger partial charge >= 0.3 is 0 Å². The Morgan fingerprint density at radius 1 is 1.13 bits per heavy atom. The largest absolute Gasteiger partial charge is 0.442 e. The summed E-state index contributed by atoms with van der Waals surface area (Å²) in [6.07, 6.45) is 6.77. The van der Waals surface area contributed by atoms with Crippen LogP contribution in [0.2, 0.25) is 0 Å². The van der Waals surface area contributed by atoms with Crippen molar-refractivity contribution >= 4 is 34.5 Å². The zero-order chi connectivity index (χ0) is 20.7. The molecule has 3 aromatic rings. The minimum absolute atomic E-state index is 0.000995. The van der Waals surface area contributed by atoms with Crippen LogP contribution >= 0.6 is 0 Å². The molecule has 5 rings (SSSR count). The van der Waals surface area contributed by atoms with Crippen LogP contribution in [0.5, 0.6) is 0 Å². The number of hydrogen-bond acceptors (Lipinski definition) is 9. The highest BCUT2D eigenvalue weighted by Gasteiger charge is 2.38. The molecule has 1 saturated carbocycles. The van der Waals surface area contributed by atoms with Crippen LogP contribution < -0.4 is 15.5 Å². The van der Waals surface area contributed by atoms with Gasteiger partial charge in [-0.2, -0.15) is 0 Å². The first-order valence-corrected chi connectivity index (χ1v) is 10.0. The molecule has 3 aromatic heterocycles. The third-order valence-corrected chi connectivity index (χ3v) is 5.53. The van der Waals surface area contributed by atoms with Crippen molar-refractivity contribution in [2.75, 3.05) is 41.8 Å². The van der Waals surface area contributed by atoms with E-state index in [2.05, 4.69) is 42.4 Å². The maximum atomic E-state index is 13.1. The first kappa shape index (κ1) is 18.7. The fraction of sp³-hybridized carbons (Fsp3) is 0.450. The van der Waals surface area contributed by atoms with Gasteiger partial charge < -0.3 is 24.7 Å². The van der Waals surface area contributed by atoms with Crippen molar-refractivity contribution in [3.63, 3.8) is 0 Å². The van der Waals surface area contributed by atoms with Crippen LogP contribution in [-0.2, 0) is 4.74 Å². The Bertz CT molecular complexity index is 1090. The molecule has 1 amide bonds. The second kappa shape index (κ2) is 7.21. The van der Waals surface area contributed by atoms with Crippen LogP contribution in [-0.4, -0.2) is 57.7 Å². The van der Waals surface area contributed by atoms with E-state index in [9.17, 15) is 4.79 Å². The van der Waals surface area contributed by atoms with Crippen LogP contribution in [0.1, 0.15) is 35.9 Å². The zero-order valence-corrected chi connectivity index (χ0v) is 16.9. The Kier molecular flexibility index (Phi) is 4.50. The van der Waals surface area contributed by atoms with Gasteiger partial charge in [0.15, 0.2) is 5.82 Å². The molecular weight excluding hydrogens is 386 g/mol. The first-order chi connectivity index (χ1) is 14.5. The number of nitrogens with one attached hydrogen (secondary N) is 2. The average Bonchev–Trinajstić information content (AvgIpc) is 3.37. The quantitative estimate of drug-likeness (QED) is 0.654. The van der Waals surface area contributed by atoms with Gasteiger partial charge in [0.25, 0.3) is 5.91 Å². The average molecular weight is 409 g/mol. The molecule has 1 aliphatic carbocycles. The Labute approximate surface area is 173 Å². The molecule has 10 nitrogen and oxygen atoms in total. The molecule has 0 unspecified atom stereocenters. The molecular formula is C20H23N7O3. The van der Waals surface area contributed by atoms with E-state index in [1.807, 2.05) is 0 Å². The van der Waals surface area contributed by atoms with Gasteiger partial charge in [0.1, 0.15) is 23.7 Å². The normalized spacial score (nSPS) is 17.7. The van der Waals surface area contributed by atoms with Crippen molar-refractivity contribution in [2.24, 2.45) is 0 Å². The fourth-order valence-corrected chi connectivity index (χ4v) is 3.53. The van der Waals surface area contributed by atoms with Crippen molar-refractivity contribution in [1.82, 2.24) is 19.9 Å². The Hall–Kier alpha value is -3.27. The summed E-state index contributed by atoms with van der Waals surface area (Å²) in [5.74, 6) is 1.88. The predicted octanol–water partition coefficient (Wildman–Crippen LogP) is 2.37. The molecule has 1 saturated heterocycles. The lowest BCUT2D eigenvalue weighted by Crippen LogP contribution is -2.36. The number of nitrogens with zero attached hydrogens (tertiary/aromatic N) is 5. The molecule has 0 aromatic carbocycles. The van der Waals surface area contributed by atoms with E-state index in [1.54, 1.807) is 19.3 Å². The highest BCUT2D eigenvalue weighted by molar-refractivity contribution is 6.15. The SMILES string of the molecule is Cc1oc2ncnc(NC3(C)CC3)c2c1C(=O)Nc1cnc(N2CCOCC2)cn1. The molecule has 0 bridgehead atoms. The summed E-state index contributed by atoms with van der Waals surface area (Å²) in [5.41, 5.74) is 0.783. The van der Waals surface area contributed by atoms with E-state index in [-0.39, 0.29) is 11.4 Å². The predicted molar refractivity (Wildman–Crippen MR) is 111 cm³/mol. The third-order valence-electron chi connectivity index (χ3n) is 5.53. The molecule has 10 heteroatoms. The number of aryl methyl sites for hydroxylation is 1. The van der Waals surface area contributed by atoms with E-state index in [4.69, 9.17) is 9.15 Å². The number of aromatic nitrogens is 4. The molecule has 2 N–H and O–H groups in total. The fourth-order valence-electron chi connectivity index (χ4n) is 3.53. The molecule has 0 radical (unpaired) electrons. The topological polar surface area (TPSA) is 118 Å². The van der Waals surface area contributed by atoms with Gasteiger partial charge in [-0.1, -0.05) is 0 Å². The molecule has 2 aliphatic rings. The van der Waals surface area contributed by atoms with Gasteiger partial charge in [0.05, 0.1) is 36.6 Å². The summed E-state index contributed by atoms with van der Waals surface area (Å²) in [6, 6.07) is 0. The van der Waals surface area contributed by atoms with Crippen molar-refractivity contribution in [1.29, 1.82) is 0 Å². The van der Waals surface area contributed by atoms with E-state index in [0.717, 1.165) is 31.7 Å². The van der Waals surface area contributed by atoms with E-state index >= 15 is 0 Å². The van der Waals surface area contributed by atoms with Crippen LogP contribution in [0.4, 0.5) is 17.5 Å². The number of amides is 1. The minimum Gasteiger partial charge on any atom is -0.442 e. The van der Waals surface area contributed by atoms with Gasteiger partial charge in [-0.15, -0.1) is 0 Å². The van der Waals surface area contributed by atoms with Crippen molar-refractivity contribution in [3.05, 3.63) is 30.0 Å². The molecule has 30 heavy (non-hydrogen) atoms. The zero-order valence-electron chi connectivity index (χ0n) is 16.9.